The maximum atomic E-state index is 12.9. The first kappa shape index (κ1) is 24.0. The number of amides is 4. The van der Waals surface area contributed by atoms with Crippen molar-refractivity contribution in [3.8, 4) is 0 Å². The van der Waals surface area contributed by atoms with Crippen LogP contribution in [-0.4, -0.2) is 67.4 Å². The monoisotopic (exact) mass is 464 g/mol. The molecule has 1 aromatic rings. The molecule has 1 atom stereocenters. The highest BCUT2D eigenvalue weighted by atomic mass is 32.2. The number of nitrogens with zero attached hydrogens (tertiary/aromatic N) is 2. The Hall–Kier alpha value is -2.63. The number of piperidine rings is 1. The van der Waals surface area contributed by atoms with E-state index < -0.39 is 39.9 Å². The Kier molecular flexibility index (Phi) is 7.11. The lowest BCUT2D eigenvalue weighted by atomic mass is 10.0. The molecule has 4 amide bonds. The lowest BCUT2D eigenvalue weighted by molar-refractivity contribution is -0.136. The van der Waals surface area contributed by atoms with Crippen LogP contribution in [0, 0.1) is 5.92 Å². The molecule has 10 nitrogen and oxygen atoms in total. The third-order valence-corrected chi connectivity index (χ3v) is 7.00. The predicted octanol–water partition coefficient (Wildman–Crippen LogP) is 0.443. The van der Waals surface area contributed by atoms with Crippen LogP contribution >= 0.6 is 0 Å². The van der Waals surface area contributed by atoms with E-state index in [2.05, 4.69) is 10.0 Å². The number of fused-ring (bicyclic) bond motifs is 1. The van der Waals surface area contributed by atoms with Crippen molar-refractivity contribution in [2.24, 2.45) is 5.92 Å². The zero-order valence-corrected chi connectivity index (χ0v) is 19.2. The summed E-state index contributed by atoms with van der Waals surface area (Å²) in [6.45, 7) is 4.53. The van der Waals surface area contributed by atoms with Gasteiger partial charge in [-0.05, 0) is 42.9 Å². The molecule has 1 unspecified atom stereocenters. The van der Waals surface area contributed by atoms with Crippen molar-refractivity contribution in [3.05, 3.63) is 34.9 Å². The van der Waals surface area contributed by atoms with Crippen molar-refractivity contribution in [1.29, 1.82) is 0 Å². The molecule has 2 heterocycles. The van der Waals surface area contributed by atoms with Crippen LogP contribution in [0.3, 0.4) is 0 Å². The second kappa shape index (κ2) is 9.47. The molecule has 32 heavy (non-hydrogen) atoms. The fourth-order valence-corrected chi connectivity index (χ4v) is 5.01. The summed E-state index contributed by atoms with van der Waals surface area (Å²) in [6, 6.07) is 3.89. The number of carbonyl (C=O) groups excluding carboxylic acids is 4. The van der Waals surface area contributed by atoms with Gasteiger partial charge in [0.15, 0.2) is 0 Å². The van der Waals surface area contributed by atoms with Gasteiger partial charge in [0.2, 0.25) is 11.8 Å². The van der Waals surface area contributed by atoms with Crippen LogP contribution in [-0.2, 0) is 26.2 Å². The molecule has 1 aromatic carbocycles. The van der Waals surface area contributed by atoms with Crippen LogP contribution in [0.4, 0.5) is 0 Å². The standard InChI is InChI=1S/C21H28N4O6S/c1-13(2)12-24(3)32(30,31)22-10-4-5-14-6-7-15-16(11-14)21(29)25(20(15)28)17-8-9-18(26)23-19(17)27/h6-7,11,13,17,22H,4-5,8-10,12H2,1-3H3,(H,23,26,27). The molecule has 11 heteroatoms. The number of rotatable bonds is 9. The van der Waals surface area contributed by atoms with E-state index in [-0.39, 0.29) is 36.4 Å². The minimum absolute atomic E-state index is 0.0668. The van der Waals surface area contributed by atoms with E-state index in [1.54, 1.807) is 18.2 Å². The third kappa shape index (κ3) is 5.05. The van der Waals surface area contributed by atoms with Gasteiger partial charge in [0.05, 0.1) is 11.1 Å². The number of aryl methyl sites for hydroxylation is 1. The Morgan fingerprint density at radius 1 is 1.16 bits per heavy atom. The van der Waals surface area contributed by atoms with E-state index in [1.807, 2.05) is 13.8 Å². The summed E-state index contributed by atoms with van der Waals surface area (Å²) in [4.78, 5) is 50.0. The fourth-order valence-electron chi connectivity index (χ4n) is 3.89. The first-order chi connectivity index (χ1) is 15.0. The summed E-state index contributed by atoms with van der Waals surface area (Å²) in [7, 11) is -2.02. The zero-order valence-electron chi connectivity index (χ0n) is 18.4. The van der Waals surface area contributed by atoms with Crippen molar-refractivity contribution in [1.82, 2.24) is 19.2 Å². The van der Waals surface area contributed by atoms with Gasteiger partial charge in [-0.15, -0.1) is 0 Å². The Labute approximate surface area is 187 Å². The van der Waals surface area contributed by atoms with E-state index in [0.717, 1.165) is 10.5 Å². The quantitative estimate of drug-likeness (QED) is 0.403. The minimum Gasteiger partial charge on any atom is -0.295 e. The molecular formula is C21H28N4O6S. The topological polar surface area (TPSA) is 133 Å². The van der Waals surface area contributed by atoms with Crippen LogP contribution < -0.4 is 10.0 Å². The number of hydrogen-bond donors (Lipinski definition) is 2. The van der Waals surface area contributed by atoms with E-state index in [4.69, 9.17) is 0 Å². The highest BCUT2D eigenvalue weighted by Gasteiger charge is 2.44. The Bertz CT molecular complexity index is 1050. The molecular weight excluding hydrogens is 436 g/mol. The van der Waals surface area contributed by atoms with E-state index in [1.165, 1.54) is 11.4 Å². The lowest BCUT2D eigenvalue weighted by Gasteiger charge is -2.27. The van der Waals surface area contributed by atoms with E-state index in [9.17, 15) is 27.6 Å². The van der Waals surface area contributed by atoms with Gasteiger partial charge < -0.3 is 0 Å². The van der Waals surface area contributed by atoms with Crippen molar-refractivity contribution in [2.75, 3.05) is 20.1 Å². The Morgan fingerprint density at radius 3 is 2.50 bits per heavy atom. The maximum Gasteiger partial charge on any atom is 0.279 e. The van der Waals surface area contributed by atoms with Crippen LogP contribution in [0.15, 0.2) is 18.2 Å². The average Bonchev–Trinajstić information content (AvgIpc) is 2.95. The van der Waals surface area contributed by atoms with Gasteiger partial charge in [0.25, 0.3) is 22.0 Å². The molecule has 2 N–H and O–H groups in total. The largest absolute Gasteiger partial charge is 0.295 e. The molecule has 3 rings (SSSR count). The van der Waals surface area contributed by atoms with Crippen LogP contribution in [0.25, 0.3) is 0 Å². The van der Waals surface area contributed by atoms with E-state index >= 15 is 0 Å². The summed E-state index contributed by atoms with van der Waals surface area (Å²) in [5, 5.41) is 2.17. The van der Waals surface area contributed by atoms with Crippen LogP contribution in [0.5, 0.6) is 0 Å². The van der Waals surface area contributed by atoms with Crippen molar-refractivity contribution in [3.63, 3.8) is 0 Å². The summed E-state index contributed by atoms with van der Waals surface area (Å²) in [6.07, 6.45) is 1.18. The molecule has 2 aliphatic rings. The molecule has 0 aromatic heterocycles. The first-order valence-corrected chi connectivity index (χ1v) is 12.0. The fraction of sp³-hybridized carbons (Fsp3) is 0.524. The zero-order chi connectivity index (χ0) is 23.6. The smallest absolute Gasteiger partial charge is 0.279 e. The van der Waals surface area contributed by atoms with Gasteiger partial charge in [-0.3, -0.25) is 29.4 Å². The molecule has 174 valence electrons. The van der Waals surface area contributed by atoms with Crippen LogP contribution in [0.1, 0.15) is 59.4 Å². The summed E-state index contributed by atoms with van der Waals surface area (Å²) in [5.41, 5.74) is 1.22. The van der Waals surface area contributed by atoms with Gasteiger partial charge in [0, 0.05) is 26.6 Å². The average molecular weight is 465 g/mol. The molecule has 1 saturated heterocycles. The van der Waals surface area contributed by atoms with E-state index in [0.29, 0.717) is 19.4 Å². The number of benzene rings is 1. The van der Waals surface area contributed by atoms with Gasteiger partial charge in [-0.2, -0.15) is 12.7 Å². The lowest BCUT2D eigenvalue weighted by Crippen LogP contribution is -2.54. The highest BCUT2D eigenvalue weighted by Crippen LogP contribution is 2.28. The Balaban J connectivity index is 1.61. The maximum absolute atomic E-state index is 12.9. The third-order valence-electron chi connectivity index (χ3n) is 5.46. The molecule has 0 spiro atoms. The number of carbonyl (C=O) groups is 4. The second-order valence-electron chi connectivity index (χ2n) is 8.50. The second-order valence-corrected chi connectivity index (χ2v) is 10.4. The highest BCUT2D eigenvalue weighted by molar-refractivity contribution is 7.87. The first-order valence-electron chi connectivity index (χ1n) is 10.6. The van der Waals surface area contributed by atoms with Crippen molar-refractivity contribution >= 4 is 33.8 Å². The number of imide groups is 2. The Morgan fingerprint density at radius 2 is 1.84 bits per heavy atom. The molecule has 1 fully saturated rings. The van der Waals surface area contributed by atoms with Crippen LogP contribution in [0.2, 0.25) is 0 Å². The van der Waals surface area contributed by atoms with Gasteiger partial charge in [0.1, 0.15) is 6.04 Å². The molecule has 0 saturated carbocycles. The summed E-state index contributed by atoms with van der Waals surface area (Å²) >= 11 is 0. The normalized spacial score (nSPS) is 19.2. The number of nitrogens with one attached hydrogen (secondary N) is 2. The SMILES string of the molecule is CC(C)CN(C)S(=O)(=O)NCCCc1ccc2c(c1)C(=O)N(C1CCC(=O)NC1=O)C2=O. The molecule has 0 aliphatic carbocycles. The number of hydrogen-bond acceptors (Lipinski definition) is 6. The van der Waals surface area contributed by atoms with Crippen molar-refractivity contribution < 1.29 is 27.6 Å². The van der Waals surface area contributed by atoms with Gasteiger partial charge in [-0.1, -0.05) is 19.9 Å². The van der Waals surface area contributed by atoms with Gasteiger partial charge >= 0.3 is 0 Å². The summed E-state index contributed by atoms with van der Waals surface area (Å²) in [5.74, 6) is -1.96. The molecule has 2 aliphatic heterocycles. The van der Waals surface area contributed by atoms with Gasteiger partial charge in [-0.25, -0.2) is 4.72 Å². The minimum atomic E-state index is -3.55. The molecule has 0 radical (unpaired) electrons. The summed E-state index contributed by atoms with van der Waals surface area (Å²) < 4.78 is 28.3. The molecule has 0 bridgehead atoms. The predicted molar refractivity (Wildman–Crippen MR) is 116 cm³/mol. The van der Waals surface area contributed by atoms with Crippen molar-refractivity contribution in [2.45, 2.75) is 45.6 Å².